The van der Waals surface area contributed by atoms with E-state index in [0.29, 0.717) is 25.7 Å². The normalized spacial score (nSPS) is 19.8. The van der Waals surface area contributed by atoms with Gasteiger partial charge in [0.05, 0.1) is 18.2 Å². The zero-order chi connectivity index (χ0) is 26.7. The van der Waals surface area contributed by atoms with Crippen molar-refractivity contribution in [2.75, 3.05) is 19.6 Å². The van der Waals surface area contributed by atoms with Gasteiger partial charge in [0.2, 0.25) is 11.8 Å². The fourth-order valence-corrected chi connectivity index (χ4v) is 4.04. The number of carboxylic acid groups (broad SMARTS) is 1. The van der Waals surface area contributed by atoms with Crippen LogP contribution in [0.5, 0.6) is 0 Å². The fraction of sp³-hybridized carbons (Fsp3) is 0.762. The van der Waals surface area contributed by atoms with E-state index in [0.717, 1.165) is 0 Å². The molecule has 6 atom stereocenters. The number of hydrogen-bond donors (Lipinski definition) is 9. The predicted molar refractivity (Wildman–Crippen MR) is 128 cm³/mol. The first-order chi connectivity index (χ1) is 16.4. The molecule has 0 spiro atoms. The number of aliphatic carboxylic acids is 1. The van der Waals surface area contributed by atoms with Crippen molar-refractivity contribution in [1.82, 2.24) is 15.5 Å². The molecule has 14 heteroatoms. The molecular weight excluding hydrogens is 460 g/mol. The third-order valence-corrected chi connectivity index (χ3v) is 6.09. The van der Waals surface area contributed by atoms with Gasteiger partial charge in [-0.05, 0) is 52.0 Å². The molecule has 1 aliphatic rings. The maximum atomic E-state index is 13.2. The SMILES string of the molecule is CC(O)C(N)C(=O)C(CCCN)[C@H](N)C(=O)N1CCC[C@H]1C(=O)N[C@@H](CCCNC(=N)N)C(=O)O. The molecule has 1 rings (SSSR count). The topological polar surface area (TPSA) is 264 Å². The Kier molecular flexibility index (Phi) is 12.6. The molecule has 1 fully saturated rings. The molecule has 0 aliphatic carbocycles. The van der Waals surface area contributed by atoms with E-state index in [9.17, 15) is 29.4 Å². The van der Waals surface area contributed by atoms with Crippen molar-refractivity contribution < 1.29 is 29.4 Å². The van der Waals surface area contributed by atoms with Crippen LogP contribution in [0.4, 0.5) is 0 Å². The Morgan fingerprint density at radius 1 is 1.14 bits per heavy atom. The van der Waals surface area contributed by atoms with Gasteiger partial charge in [0.25, 0.3) is 0 Å². The van der Waals surface area contributed by atoms with Crippen molar-refractivity contribution in [2.45, 2.75) is 75.7 Å². The summed E-state index contributed by atoms with van der Waals surface area (Å²) < 4.78 is 0. The fourth-order valence-electron chi connectivity index (χ4n) is 4.04. The van der Waals surface area contributed by atoms with Crippen molar-refractivity contribution in [2.24, 2.45) is 28.9 Å². The molecule has 1 saturated heterocycles. The number of aliphatic hydroxyl groups excluding tert-OH is 1. The van der Waals surface area contributed by atoms with Gasteiger partial charge in [0, 0.05) is 19.0 Å². The van der Waals surface area contributed by atoms with Crippen LogP contribution in [0, 0.1) is 11.3 Å². The van der Waals surface area contributed by atoms with Gasteiger partial charge in [-0.2, -0.15) is 0 Å². The number of carboxylic acids is 1. The lowest BCUT2D eigenvalue weighted by molar-refractivity contribution is -0.145. The van der Waals surface area contributed by atoms with Gasteiger partial charge in [0.15, 0.2) is 11.7 Å². The molecule has 14 nitrogen and oxygen atoms in total. The number of likely N-dealkylation sites (tertiary alicyclic amines) is 1. The highest BCUT2D eigenvalue weighted by Crippen LogP contribution is 2.23. The monoisotopic (exact) mass is 500 g/mol. The number of aliphatic hydroxyl groups is 1. The number of ketones is 1. The third kappa shape index (κ3) is 9.05. The van der Waals surface area contributed by atoms with Crippen molar-refractivity contribution in [3.05, 3.63) is 0 Å². The van der Waals surface area contributed by atoms with Gasteiger partial charge in [-0.15, -0.1) is 0 Å². The number of rotatable bonds is 15. The van der Waals surface area contributed by atoms with Crippen LogP contribution in [-0.4, -0.2) is 94.5 Å². The summed E-state index contributed by atoms with van der Waals surface area (Å²) in [5, 5.41) is 31.3. The van der Waals surface area contributed by atoms with E-state index >= 15 is 0 Å². The summed E-state index contributed by atoms with van der Waals surface area (Å²) in [6.45, 7) is 2.13. The second-order valence-corrected chi connectivity index (χ2v) is 8.80. The minimum absolute atomic E-state index is 0.0917. The zero-order valence-corrected chi connectivity index (χ0v) is 20.1. The molecule has 0 aromatic carbocycles. The van der Waals surface area contributed by atoms with Gasteiger partial charge < -0.3 is 48.7 Å². The number of Topliss-reactive ketones (excluding diaryl/α,β-unsaturated/α-hetero) is 1. The highest BCUT2D eigenvalue weighted by atomic mass is 16.4. The van der Waals surface area contributed by atoms with Crippen LogP contribution in [-0.2, 0) is 19.2 Å². The van der Waals surface area contributed by atoms with Crippen LogP contribution in [0.3, 0.4) is 0 Å². The highest BCUT2D eigenvalue weighted by Gasteiger charge is 2.42. The molecule has 0 aromatic rings. The van der Waals surface area contributed by atoms with E-state index in [1.165, 1.54) is 11.8 Å². The Hall–Kier alpha value is -2.81. The molecule has 0 radical (unpaired) electrons. The highest BCUT2D eigenvalue weighted by molar-refractivity contribution is 5.96. The lowest BCUT2D eigenvalue weighted by atomic mass is 9.85. The number of hydrogen-bond acceptors (Lipinski definition) is 9. The molecule has 1 heterocycles. The first kappa shape index (κ1) is 30.2. The summed E-state index contributed by atoms with van der Waals surface area (Å²) >= 11 is 0. The Morgan fingerprint density at radius 2 is 1.80 bits per heavy atom. The lowest BCUT2D eigenvalue weighted by Gasteiger charge is -2.31. The van der Waals surface area contributed by atoms with Gasteiger partial charge in [-0.25, -0.2) is 4.79 Å². The number of carbonyl (C=O) groups excluding carboxylic acids is 3. The van der Waals surface area contributed by atoms with Crippen LogP contribution >= 0.6 is 0 Å². The van der Waals surface area contributed by atoms with Crippen LogP contribution in [0.1, 0.15) is 45.4 Å². The molecule has 200 valence electrons. The standard InChI is InChI=1S/C21H40N8O6/c1-11(30)15(23)17(31)12(5-2-8-22)16(24)19(33)29-10-4-7-14(29)18(32)28-13(20(34)35)6-3-9-27-21(25)26/h11-16,30H,2-10,22-24H2,1H3,(H,28,32)(H,34,35)(H4,25,26,27)/t11?,12?,13-,14-,15?,16-/m0/s1. The first-order valence-electron chi connectivity index (χ1n) is 11.8. The Bertz CT molecular complexity index is 764. The summed E-state index contributed by atoms with van der Waals surface area (Å²) in [6.07, 6.45) is 0.726. The van der Waals surface area contributed by atoms with Gasteiger partial charge in [-0.3, -0.25) is 19.8 Å². The van der Waals surface area contributed by atoms with Gasteiger partial charge in [-0.1, -0.05) is 0 Å². The summed E-state index contributed by atoms with van der Waals surface area (Å²) in [5.74, 6) is -4.25. The number of nitrogens with two attached hydrogens (primary N) is 4. The predicted octanol–water partition coefficient (Wildman–Crippen LogP) is -3.23. The van der Waals surface area contributed by atoms with E-state index < -0.39 is 59.8 Å². The van der Waals surface area contributed by atoms with Crippen LogP contribution in [0.2, 0.25) is 0 Å². The quantitative estimate of drug-likeness (QED) is 0.0612. The smallest absolute Gasteiger partial charge is 0.326 e. The Labute approximate surface area is 204 Å². The molecule has 35 heavy (non-hydrogen) atoms. The molecule has 0 saturated carbocycles. The van der Waals surface area contributed by atoms with Crippen molar-refractivity contribution in [3.8, 4) is 0 Å². The van der Waals surface area contributed by atoms with E-state index in [-0.39, 0.29) is 38.4 Å². The molecule has 13 N–H and O–H groups in total. The van der Waals surface area contributed by atoms with E-state index in [1.807, 2.05) is 0 Å². The minimum atomic E-state index is -1.29. The van der Waals surface area contributed by atoms with Crippen LogP contribution in [0.15, 0.2) is 0 Å². The van der Waals surface area contributed by atoms with Crippen molar-refractivity contribution in [1.29, 1.82) is 5.41 Å². The second kappa shape index (κ2) is 14.6. The van der Waals surface area contributed by atoms with Crippen molar-refractivity contribution in [3.63, 3.8) is 0 Å². The average Bonchev–Trinajstić information content (AvgIpc) is 3.29. The maximum Gasteiger partial charge on any atom is 0.326 e. The summed E-state index contributed by atoms with van der Waals surface area (Å²) in [4.78, 5) is 51.8. The summed E-state index contributed by atoms with van der Waals surface area (Å²) in [6, 6.07) is -4.63. The number of carbonyl (C=O) groups is 4. The number of nitrogens with zero attached hydrogens (tertiary/aromatic N) is 1. The Balaban J connectivity index is 2.91. The van der Waals surface area contributed by atoms with Crippen LogP contribution in [0.25, 0.3) is 0 Å². The van der Waals surface area contributed by atoms with Crippen LogP contribution < -0.4 is 33.6 Å². The molecule has 2 amide bonds. The second-order valence-electron chi connectivity index (χ2n) is 8.80. The first-order valence-corrected chi connectivity index (χ1v) is 11.8. The maximum absolute atomic E-state index is 13.2. The molecular formula is C21H40N8O6. The van der Waals surface area contributed by atoms with Gasteiger partial charge >= 0.3 is 5.97 Å². The van der Waals surface area contributed by atoms with Gasteiger partial charge in [0.1, 0.15) is 12.1 Å². The van der Waals surface area contributed by atoms with E-state index in [1.54, 1.807) is 0 Å². The summed E-state index contributed by atoms with van der Waals surface area (Å²) in [5.41, 5.74) is 22.7. The Morgan fingerprint density at radius 3 is 2.34 bits per heavy atom. The molecule has 0 bridgehead atoms. The average molecular weight is 501 g/mol. The number of amides is 2. The zero-order valence-electron chi connectivity index (χ0n) is 20.1. The number of guanidine groups is 1. The third-order valence-electron chi connectivity index (χ3n) is 6.09. The molecule has 3 unspecified atom stereocenters. The van der Waals surface area contributed by atoms with E-state index in [2.05, 4.69) is 10.6 Å². The lowest BCUT2D eigenvalue weighted by Crippen LogP contribution is -2.57. The molecule has 1 aliphatic heterocycles. The largest absolute Gasteiger partial charge is 0.480 e. The molecule has 0 aromatic heterocycles. The van der Waals surface area contributed by atoms with E-state index in [4.69, 9.17) is 28.3 Å². The van der Waals surface area contributed by atoms with Crippen molar-refractivity contribution >= 4 is 29.5 Å². The number of nitrogens with one attached hydrogen (secondary N) is 3. The minimum Gasteiger partial charge on any atom is -0.480 e. The summed E-state index contributed by atoms with van der Waals surface area (Å²) in [7, 11) is 0.